The van der Waals surface area contributed by atoms with Crippen molar-refractivity contribution in [3.8, 4) is 0 Å². The SMILES string of the molecule is CSNc1cc(C)ccc1N1CCNCC1. The molecule has 0 saturated carbocycles. The van der Waals surface area contributed by atoms with Gasteiger partial charge in [-0.1, -0.05) is 18.0 Å². The quantitative estimate of drug-likeness (QED) is 0.787. The van der Waals surface area contributed by atoms with Crippen LogP contribution in [-0.4, -0.2) is 32.4 Å². The molecule has 0 aromatic heterocycles. The molecule has 1 aromatic rings. The largest absolute Gasteiger partial charge is 0.367 e. The Labute approximate surface area is 102 Å². The fraction of sp³-hybridized carbons (Fsp3) is 0.500. The molecule has 0 aliphatic carbocycles. The molecule has 0 unspecified atom stereocenters. The highest BCUT2D eigenvalue weighted by Gasteiger charge is 2.13. The third-order valence-electron chi connectivity index (χ3n) is 2.82. The molecule has 88 valence electrons. The van der Waals surface area contributed by atoms with Crippen LogP contribution in [0.2, 0.25) is 0 Å². The van der Waals surface area contributed by atoms with Crippen molar-refractivity contribution in [1.82, 2.24) is 5.32 Å². The molecule has 1 fully saturated rings. The molecule has 3 nitrogen and oxygen atoms in total. The van der Waals surface area contributed by atoms with Crippen molar-refractivity contribution in [2.45, 2.75) is 6.92 Å². The maximum Gasteiger partial charge on any atom is 0.0679 e. The maximum absolute atomic E-state index is 3.38. The smallest absolute Gasteiger partial charge is 0.0679 e. The first kappa shape index (κ1) is 11.6. The molecule has 0 spiro atoms. The second kappa shape index (κ2) is 5.46. The topological polar surface area (TPSA) is 27.3 Å². The van der Waals surface area contributed by atoms with Crippen LogP contribution in [0.1, 0.15) is 5.56 Å². The van der Waals surface area contributed by atoms with E-state index in [0.717, 1.165) is 26.2 Å². The molecular weight excluding hydrogens is 218 g/mol. The predicted molar refractivity (Wildman–Crippen MR) is 73.4 cm³/mol. The highest BCUT2D eigenvalue weighted by molar-refractivity contribution is 7.99. The monoisotopic (exact) mass is 237 g/mol. The Kier molecular flexibility index (Phi) is 3.96. The number of aryl methyl sites for hydroxylation is 1. The fourth-order valence-electron chi connectivity index (χ4n) is 2.02. The average molecular weight is 237 g/mol. The summed E-state index contributed by atoms with van der Waals surface area (Å²) in [7, 11) is 0. The third-order valence-corrected chi connectivity index (χ3v) is 3.25. The number of nitrogens with zero attached hydrogens (tertiary/aromatic N) is 1. The third kappa shape index (κ3) is 2.62. The van der Waals surface area contributed by atoms with E-state index in [2.05, 4.69) is 46.3 Å². The first-order valence-corrected chi connectivity index (χ1v) is 6.89. The van der Waals surface area contributed by atoms with Crippen molar-refractivity contribution in [3.05, 3.63) is 23.8 Å². The van der Waals surface area contributed by atoms with Gasteiger partial charge in [-0.25, -0.2) is 0 Å². The molecule has 0 bridgehead atoms. The number of nitrogens with one attached hydrogen (secondary N) is 2. The molecule has 16 heavy (non-hydrogen) atoms. The van der Waals surface area contributed by atoms with E-state index in [0.29, 0.717) is 0 Å². The summed E-state index contributed by atoms with van der Waals surface area (Å²) >= 11 is 1.65. The van der Waals surface area contributed by atoms with Gasteiger partial charge in [-0.05, 0) is 24.6 Å². The molecule has 1 aliphatic rings. The zero-order chi connectivity index (χ0) is 11.4. The number of piperazine rings is 1. The van der Waals surface area contributed by atoms with Gasteiger partial charge in [-0.15, -0.1) is 0 Å². The highest BCUT2D eigenvalue weighted by Crippen LogP contribution is 2.28. The summed E-state index contributed by atoms with van der Waals surface area (Å²) in [6, 6.07) is 6.62. The van der Waals surface area contributed by atoms with Crippen LogP contribution in [0.4, 0.5) is 11.4 Å². The highest BCUT2D eigenvalue weighted by atomic mass is 32.2. The van der Waals surface area contributed by atoms with Gasteiger partial charge in [0.25, 0.3) is 0 Å². The zero-order valence-electron chi connectivity index (χ0n) is 9.92. The summed E-state index contributed by atoms with van der Waals surface area (Å²) in [5, 5.41) is 3.38. The van der Waals surface area contributed by atoms with Gasteiger partial charge in [0, 0.05) is 32.4 Å². The molecule has 1 heterocycles. The lowest BCUT2D eigenvalue weighted by Crippen LogP contribution is -2.43. The summed E-state index contributed by atoms with van der Waals surface area (Å²) in [6.45, 7) is 6.46. The Bertz CT molecular complexity index is 348. The van der Waals surface area contributed by atoms with Crippen molar-refractivity contribution >= 4 is 23.3 Å². The van der Waals surface area contributed by atoms with Gasteiger partial charge in [0.2, 0.25) is 0 Å². The van der Waals surface area contributed by atoms with Gasteiger partial charge in [-0.2, -0.15) is 0 Å². The number of hydrogen-bond acceptors (Lipinski definition) is 4. The van der Waals surface area contributed by atoms with Gasteiger partial charge in [-0.3, -0.25) is 0 Å². The van der Waals surface area contributed by atoms with Crippen molar-refractivity contribution in [2.75, 3.05) is 42.1 Å². The van der Waals surface area contributed by atoms with Crippen molar-refractivity contribution in [1.29, 1.82) is 0 Å². The normalized spacial score (nSPS) is 16.2. The van der Waals surface area contributed by atoms with Crippen LogP contribution >= 0.6 is 11.9 Å². The van der Waals surface area contributed by atoms with E-state index in [1.807, 2.05) is 0 Å². The first-order valence-electron chi connectivity index (χ1n) is 5.66. The van der Waals surface area contributed by atoms with Crippen LogP contribution in [0.5, 0.6) is 0 Å². The van der Waals surface area contributed by atoms with Gasteiger partial charge in [0.1, 0.15) is 0 Å². The molecular formula is C12H19N3S. The molecule has 1 aromatic carbocycles. The van der Waals surface area contributed by atoms with E-state index in [9.17, 15) is 0 Å². The average Bonchev–Trinajstić information content (AvgIpc) is 2.31. The second-order valence-corrected chi connectivity index (χ2v) is 4.68. The molecule has 1 saturated heterocycles. The molecule has 4 heteroatoms. The molecule has 2 rings (SSSR count). The fourth-order valence-corrected chi connectivity index (χ4v) is 2.41. The lowest BCUT2D eigenvalue weighted by molar-refractivity contribution is 0.589. The summed E-state index contributed by atoms with van der Waals surface area (Å²) in [5.74, 6) is 0. The van der Waals surface area contributed by atoms with Gasteiger partial charge >= 0.3 is 0 Å². The van der Waals surface area contributed by atoms with Crippen molar-refractivity contribution in [2.24, 2.45) is 0 Å². The maximum atomic E-state index is 3.38. The van der Waals surface area contributed by atoms with Crippen LogP contribution in [0, 0.1) is 6.92 Å². The molecule has 2 N–H and O–H groups in total. The number of rotatable bonds is 3. The second-order valence-electron chi connectivity index (χ2n) is 4.06. The van der Waals surface area contributed by atoms with Gasteiger partial charge in [0.15, 0.2) is 0 Å². The summed E-state index contributed by atoms with van der Waals surface area (Å²) in [6.07, 6.45) is 2.06. The number of anilines is 2. The Morgan fingerprint density at radius 2 is 2.06 bits per heavy atom. The van der Waals surface area contributed by atoms with E-state index < -0.39 is 0 Å². The Hall–Kier alpha value is -0.870. The summed E-state index contributed by atoms with van der Waals surface area (Å²) < 4.78 is 3.37. The summed E-state index contributed by atoms with van der Waals surface area (Å²) in [4.78, 5) is 2.44. The lowest BCUT2D eigenvalue weighted by atomic mass is 10.1. The Morgan fingerprint density at radius 3 is 2.75 bits per heavy atom. The first-order chi connectivity index (χ1) is 7.81. The van der Waals surface area contributed by atoms with Crippen LogP contribution < -0.4 is 14.9 Å². The predicted octanol–water partition coefficient (Wildman–Crippen LogP) is 2.09. The minimum absolute atomic E-state index is 1.08. The zero-order valence-corrected chi connectivity index (χ0v) is 10.7. The minimum atomic E-state index is 1.08. The van der Waals surface area contributed by atoms with Crippen molar-refractivity contribution < 1.29 is 0 Å². The van der Waals surface area contributed by atoms with Crippen LogP contribution in [0.25, 0.3) is 0 Å². The van der Waals surface area contributed by atoms with Crippen LogP contribution in [0.3, 0.4) is 0 Å². The summed E-state index contributed by atoms with van der Waals surface area (Å²) in [5.41, 5.74) is 3.85. The van der Waals surface area contributed by atoms with Crippen molar-refractivity contribution in [3.63, 3.8) is 0 Å². The lowest BCUT2D eigenvalue weighted by Gasteiger charge is -2.31. The van der Waals surface area contributed by atoms with E-state index in [1.165, 1.54) is 16.9 Å². The van der Waals surface area contributed by atoms with Gasteiger partial charge in [0.05, 0.1) is 11.4 Å². The van der Waals surface area contributed by atoms with Crippen LogP contribution in [0.15, 0.2) is 18.2 Å². The molecule has 1 aliphatic heterocycles. The minimum Gasteiger partial charge on any atom is -0.367 e. The van der Waals surface area contributed by atoms with E-state index in [4.69, 9.17) is 0 Å². The molecule has 0 atom stereocenters. The molecule has 0 amide bonds. The van der Waals surface area contributed by atoms with E-state index in [1.54, 1.807) is 11.9 Å². The number of hydrogen-bond donors (Lipinski definition) is 2. The van der Waals surface area contributed by atoms with E-state index in [-0.39, 0.29) is 0 Å². The Balaban J connectivity index is 2.23. The standard InChI is InChI=1S/C12H19N3S/c1-10-3-4-12(11(9-10)14-16-2)15-7-5-13-6-8-15/h3-4,9,13-14H,5-8H2,1-2H3. The van der Waals surface area contributed by atoms with Gasteiger partial charge < -0.3 is 14.9 Å². The van der Waals surface area contributed by atoms with Crippen LogP contribution in [-0.2, 0) is 0 Å². The molecule has 0 radical (unpaired) electrons. The Morgan fingerprint density at radius 1 is 1.31 bits per heavy atom. The van der Waals surface area contributed by atoms with E-state index >= 15 is 0 Å². The number of benzene rings is 1.